The van der Waals surface area contributed by atoms with Gasteiger partial charge < -0.3 is 4.42 Å². The van der Waals surface area contributed by atoms with Gasteiger partial charge in [-0.05, 0) is 46.0 Å². The van der Waals surface area contributed by atoms with Crippen LogP contribution >= 0.6 is 0 Å². The van der Waals surface area contributed by atoms with Crippen LogP contribution in [0.2, 0.25) is 0 Å². The van der Waals surface area contributed by atoms with E-state index in [1.165, 1.54) is 21.9 Å². The van der Waals surface area contributed by atoms with Gasteiger partial charge in [-0.3, -0.25) is 0 Å². The highest BCUT2D eigenvalue weighted by molar-refractivity contribution is 6.01. The molecule has 228 valence electrons. The van der Waals surface area contributed by atoms with Crippen LogP contribution in [0, 0.1) is 0 Å². The molecule has 48 heavy (non-hydrogen) atoms. The minimum atomic E-state index is 0.580. The number of hydrogen-bond acceptors (Lipinski definition) is 4. The number of benzene rings is 6. The van der Waals surface area contributed by atoms with Crippen LogP contribution in [-0.4, -0.2) is 15.0 Å². The summed E-state index contributed by atoms with van der Waals surface area (Å²) >= 11 is 0. The molecular formula is C44H31N3O. The van der Waals surface area contributed by atoms with E-state index in [0.717, 1.165) is 45.2 Å². The molecule has 6 aromatic carbocycles. The molecule has 0 aliphatic rings. The van der Waals surface area contributed by atoms with Crippen molar-refractivity contribution < 1.29 is 4.42 Å². The monoisotopic (exact) mass is 617 g/mol. The second kappa shape index (κ2) is 12.8. The summed E-state index contributed by atoms with van der Waals surface area (Å²) in [6.45, 7) is 4.04. The number of allylic oxidation sites excluding steroid dienone is 1. The maximum absolute atomic E-state index is 6.29. The molecule has 4 nitrogen and oxygen atoms in total. The van der Waals surface area contributed by atoms with Crippen molar-refractivity contribution in [3.63, 3.8) is 0 Å². The number of aromatic nitrogens is 3. The first-order valence-corrected chi connectivity index (χ1v) is 16.0. The van der Waals surface area contributed by atoms with E-state index in [1.807, 2.05) is 48.5 Å². The van der Waals surface area contributed by atoms with Crippen LogP contribution < -0.4 is 0 Å². The lowest BCUT2D eigenvalue weighted by atomic mass is 9.97. The normalized spacial score (nSPS) is 11.4. The maximum Gasteiger partial charge on any atom is 0.164 e. The van der Waals surface area contributed by atoms with Crippen molar-refractivity contribution >= 4 is 33.9 Å². The Balaban J connectivity index is 1.25. The molecule has 0 aliphatic carbocycles. The van der Waals surface area contributed by atoms with Gasteiger partial charge >= 0.3 is 0 Å². The second-order valence-corrected chi connectivity index (χ2v) is 11.6. The van der Waals surface area contributed by atoms with E-state index in [2.05, 4.69) is 116 Å². The Kier molecular flexibility index (Phi) is 7.73. The lowest BCUT2D eigenvalue weighted by Gasteiger charge is -2.11. The summed E-state index contributed by atoms with van der Waals surface area (Å²) in [6.07, 6.45) is 6.84. The molecular weight excluding hydrogens is 587 g/mol. The molecule has 8 rings (SSSR count). The summed E-state index contributed by atoms with van der Waals surface area (Å²) in [6, 6.07) is 49.8. The molecule has 0 fully saturated rings. The predicted octanol–water partition coefficient (Wildman–Crippen LogP) is 11.3. The Morgan fingerprint density at radius 3 is 1.92 bits per heavy atom. The quantitative estimate of drug-likeness (QED) is 0.170. The standard InChI is InChI=1S/C44H31N3O/c1-2-39-37(23-11-16-30-14-5-3-6-15-30)41-38(24-13-25-40(41)48-39)44-46-42(33-18-7-4-8-19-33)45-43(47-44)34-28-26-32(27-29-34)36-22-12-20-31-17-9-10-21-35(31)36/h2-15,17-29H,1,16H2/b23-11-. The summed E-state index contributed by atoms with van der Waals surface area (Å²) in [5.41, 5.74) is 7.98. The lowest BCUT2D eigenvalue weighted by Crippen LogP contribution is -2.00. The van der Waals surface area contributed by atoms with Gasteiger partial charge in [0.05, 0.1) is 0 Å². The molecule has 0 atom stereocenters. The zero-order valence-corrected chi connectivity index (χ0v) is 26.3. The zero-order chi connectivity index (χ0) is 32.3. The smallest absolute Gasteiger partial charge is 0.164 e. The molecule has 2 heterocycles. The van der Waals surface area contributed by atoms with Gasteiger partial charge in [-0.1, -0.05) is 158 Å². The number of furan rings is 1. The SMILES string of the molecule is C=Cc1oc2cccc(-c3nc(-c4ccccc4)nc(-c4ccc(-c5cccc6ccccc56)cc4)n3)c2c1/C=C\Cc1ccccc1. The highest BCUT2D eigenvalue weighted by Gasteiger charge is 2.19. The van der Waals surface area contributed by atoms with Crippen molar-refractivity contribution in [1.82, 2.24) is 15.0 Å². The van der Waals surface area contributed by atoms with Crippen molar-refractivity contribution in [2.75, 3.05) is 0 Å². The Morgan fingerprint density at radius 1 is 0.542 bits per heavy atom. The molecule has 0 amide bonds. The summed E-state index contributed by atoms with van der Waals surface area (Å²) in [5, 5.41) is 3.39. The molecule has 2 aromatic heterocycles. The Morgan fingerprint density at radius 2 is 1.15 bits per heavy atom. The second-order valence-electron chi connectivity index (χ2n) is 11.6. The molecule has 8 aromatic rings. The van der Waals surface area contributed by atoms with Crippen LogP contribution in [0.1, 0.15) is 16.9 Å². The number of rotatable bonds is 8. The van der Waals surface area contributed by atoms with E-state index >= 15 is 0 Å². The third-order valence-corrected chi connectivity index (χ3v) is 8.60. The predicted molar refractivity (Wildman–Crippen MR) is 198 cm³/mol. The molecule has 0 N–H and O–H groups in total. The van der Waals surface area contributed by atoms with Crippen molar-refractivity contribution in [1.29, 1.82) is 0 Å². The number of fused-ring (bicyclic) bond motifs is 2. The summed E-state index contributed by atoms with van der Waals surface area (Å²) in [5.74, 6) is 2.51. The fraction of sp³-hybridized carbons (Fsp3) is 0.0227. The first-order valence-electron chi connectivity index (χ1n) is 16.0. The Hall–Kier alpha value is -6.39. The van der Waals surface area contributed by atoms with Gasteiger partial charge in [0, 0.05) is 27.6 Å². The van der Waals surface area contributed by atoms with Crippen LogP contribution in [-0.2, 0) is 6.42 Å². The van der Waals surface area contributed by atoms with E-state index < -0.39 is 0 Å². The van der Waals surface area contributed by atoms with Gasteiger partial charge in [0.2, 0.25) is 0 Å². The lowest BCUT2D eigenvalue weighted by molar-refractivity contribution is 0.603. The molecule has 0 aliphatic heterocycles. The van der Waals surface area contributed by atoms with Gasteiger partial charge in [-0.2, -0.15) is 0 Å². The molecule has 0 saturated heterocycles. The van der Waals surface area contributed by atoms with E-state index in [1.54, 1.807) is 6.08 Å². The van der Waals surface area contributed by atoms with Crippen LogP contribution in [0.25, 0.3) is 79.2 Å². The van der Waals surface area contributed by atoms with Gasteiger partial charge in [-0.15, -0.1) is 0 Å². The molecule has 0 bridgehead atoms. The summed E-state index contributed by atoms with van der Waals surface area (Å²) in [4.78, 5) is 15.1. The summed E-state index contributed by atoms with van der Waals surface area (Å²) < 4.78 is 6.29. The minimum Gasteiger partial charge on any atom is -0.456 e. The van der Waals surface area contributed by atoms with Crippen molar-refractivity contribution in [2.45, 2.75) is 6.42 Å². The van der Waals surface area contributed by atoms with Gasteiger partial charge in [0.1, 0.15) is 11.3 Å². The largest absolute Gasteiger partial charge is 0.456 e. The first kappa shape index (κ1) is 29.0. The van der Waals surface area contributed by atoms with Crippen LogP contribution in [0.4, 0.5) is 0 Å². The average Bonchev–Trinajstić information content (AvgIpc) is 3.53. The van der Waals surface area contributed by atoms with Crippen molar-refractivity contribution in [3.05, 3.63) is 175 Å². The Bertz CT molecular complexity index is 2420. The molecule has 0 spiro atoms. The fourth-order valence-corrected chi connectivity index (χ4v) is 6.24. The van der Waals surface area contributed by atoms with E-state index in [-0.39, 0.29) is 0 Å². The number of hydrogen-bond donors (Lipinski definition) is 0. The van der Waals surface area contributed by atoms with E-state index in [0.29, 0.717) is 23.2 Å². The minimum absolute atomic E-state index is 0.580. The topological polar surface area (TPSA) is 51.8 Å². The van der Waals surface area contributed by atoms with Crippen LogP contribution in [0.5, 0.6) is 0 Å². The van der Waals surface area contributed by atoms with Crippen LogP contribution in [0.3, 0.4) is 0 Å². The third-order valence-electron chi connectivity index (χ3n) is 8.60. The van der Waals surface area contributed by atoms with Crippen molar-refractivity contribution in [2.24, 2.45) is 0 Å². The van der Waals surface area contributed by atoms with Gasteiger partial charge in [0.15, 0.2) is 17.5 Å². The van der Waals surface area contributed by atoms with Crippen LogP contribution in [0.15, 0.2) is 163 Å². The van der Waals surface area contributed by atoms with Gasteiger partial charge in [0.25, 0.3) is 0 Å². The van der Waals surface area contributed by atoms with E-state index in [9.17, 15) is 0 Å². The van der Waals surface area contributed by atoms with E-state index in [4.69, 9.17) is 19.4 Å². The zero-order valence-electron chi connectivity index (χ0n) is 26.3. The highest BCUT2D eigenvalue weighted by Crippen LogP contribution is 2.37. The molecule has 0 saturated carbocycles. The average molecular weight is 618 g/mol. The fourth-order valence-electron chi connectivity index (χ4n) is 6.24. The number of nitrogens with zero attached hydrogens (tertiary/aromatic N) is 3. The third kappa shape index (κ3) is 5.61. The van der Waals surface area contributed by atoms with Gasteiger partial charge in [-0.25, -0.2) is 15.0 Å². The highest BCUT2D eigenvalue weighted by atomic mass is 16.3. The van der Waals surface area contributed by atoms with Crippen molar-refractivity contribution in [3.8, 4) is 45.3 Å². The maximum atomic E-state index is 6.29. The summed E-state index contributed by atoms with van der Waals surface area (Å²) in [7, 11) is 0. The first-order chi connectivity index (χ1) is 23.7. The molecule has 0 unspecified atom stereocenters. The molecule has 4 heteroatoms. The molecule has 0 radical (unpaired) electrons. The Labute approximate surface area is 279 Å².